The van der Waals surface area contributed by atoms with Gasteiger partial charge in [0.1, 0.15) is 22.9 Å². The molecule has 0 saturated carbocycles. The van der Waals surface area contributed by atoms with Gasteiger partial charge in [0, 0.05) is 23.9 Å². The SMILES string of the molecule is COc1cccc(OC)c1-n1c(CS(=O)(=O)[C@@H](C)[C@H](C)c2cnc(C)cn2)nnc1-c1ccccc1. The summed E-state index contributed by atoms with van der Waals surface area (Å²) in [4.78, 5) is 8.65. The first-order valence-electron chi connectivity index (χ1n) is 11.5. The molecule has 0 amide bonds. The fourth-order valence-electron chi connectivity index (χ4n) is 3.97. The normalized spacial score (nSPS) is 13.2. The van der Waals surface area contributed by atoms with Crippen molar-refractivity contribution in [2.24, 2.45) is 0 Å². The molecule has 0 aliphatic rings. The van der Waals surface area contributed by atoms with Crippen LogP contribution in [0.15, 0.2) is 60.9 Å². The monoisotopic (exact) mass is 507 g/mol. The van der Waals surface area contributed by atoms with E-state index < -0.39 is 15.1 Å². The third-order valence-electron chi connectivity index (χ3n) is 6.26. The van der Waals surface area contributed by atoms with Crippen LogP contribution in [-0.4, -0.2) is 52.6 Å². The predicted octanol–water partition coefficient (Wildman–Crippen LogP) is 4.16. The van der Waals surface area contributed by atoms with Crippen molar-refractivity contribution in [3.63, 3.8) is 0 Å². The fraction of sp³-hybridized carbons (Fsp3) is 0.308. The smallest absolute Gasteiger partial charge is 0.168 e. The Balaban J connectivity index is 1.81. The topological polar surface area (TPSA) is 109 Å². The van der Waals surface area contributed by atoms with Gasteiger partial charge in [-0.25, -0.2) is 8.42 Å². The molecule has 0 N–H and O–H groups in total. The summed E-state index contributed by atoms with van der Waals surface area (Å²) in [6.45, 7) is 5.36. The number of benzene rings is 2. The molecule has 0 aliphatic heterocycles. The largest absolute Gasteiger partial charge is 0.494 e. The molecule has 10 heteroatoms. The number of rotatable bonds is 9. The van der Waals surface area contributed by atoms with Crippen LogP contribution in [0.4, 0.5) is 0 Å². The summed E-state index contributed by atoms with van der Waals surface area (Å²) in [7, 11) is -0.584. The van der Waals surface area contributed by atoms with Gasteiger partial charge >= 0.3 is 0 Å². The zero-order valence-electron chi connectivity index (χ0n) is 20.9. The van der Waals surface area contributed by atoms with Crippen LogP contribution in [0.2, 0.25) is 0 Å². The summed E-state index contributed by atoms with van der Waals surface area (Å²) in [6, 6.07) is 14.8. The molecule has 0 saturated heterocycles. The second kappa shape index (κ2) is 10.4. The lowest BCUT2D eigenvalue weighted by atomic mass is 10.1. The molecular weight excluding hydrogens is 478 g/mol. The molecule has 0 bridgehead atoms. The molecule has 188 valence electrons. The molecule has 0 spiro atoms. The highest BCUT2D eigenvalue weighted by Gasteiger charge is 2.32. The quantitative estimate of drug-likeness (QED) is 0.332. The number of aromatic nitrogens is 5. The average molecular weight is 508 g/mol. The molecule has 0 aliphatic carbocycles. The molecule has 0 radical (unpaired) electrons. The van der Waals surface area contributed by atoms with E-state index in [1.165, 1.54) is 0 Å². The minimum absolute atomic E-state index is 0.255. The lowest BCUT2D eigenvalue weighted by molar-refractivity contribution is 0.390. The predicted molar refractivity (Wildman–Crippen MR) is 137 cm³/mol. The van der Waals surface area contributed by atoms with Crippen LogP contribution in [-0.2, 0) is 15.6 Å². The lowest BCUT2D eigenvalue weighted by Crippen LogP contribution is -2.27. The number of hydrogen-bond acceptors (Lipinski definition) is 8. The minimum atomic E-state index is -3.68. The molecule has 2 aromatic heterocycles. The molecule has 0 fully saturated rings. The van der Waals surface area contributed by atoms with Crippen molar-refractivity contribution in [3.05, 3.63) is 78.1 Å². The van der Waals surface area contributed by atoms with E-state index in [0.29, 0.717) is 28.7 Å². The Morgan fingerprint density at radius 3 is 2.14 bits per heavy atom. The van der Waals surface area contributed by atoms with Crippen molar-refractivity contribution < 1.29 is 17.9 Å². The first-order valence-corrected chi connectivity index (χ1v) is 13.2. The Morgan fingerprint density at radius 1 is 0.889 bits per heavy atom. The van der Waals surface area contributed by atoms with Gasteiger partial charge in [0.05, 0.1) is 30.9 Å². The maximum absolute atomic E-state index is 13.6. The van der Waals surface area contributed by atoms with Crippen LogP contribution in [0.5, 0.6) is 11.5 Å². The van der Waals surface area contributed by atoms with E-state index in [4.69, 9.17) is 9.47 Å². The number of aryl methyl sites for hydroxylation is 1. The number of hydrogen-bond donors (Lipinski definition) is 0. The van der Waals surface area contributed by atoms with Gasteiger partial charge in [-0.05, 0) is 26.0 Å². The van der Waals surface area contributed by atoms with Crippen LogP contribution >= 0.6 is 0 Å². The third kappa shape index (κ3) is 4.94. The molecule has 2 atom stereocenters. The number of ether oxygens (including phenoxy) is 2. The van der Waals surface area contributed by atoms with Crippen LogP contribution in [0, 0.1) is 6.92 Å². The Morgan fingerprint density at radius 2 is 1.56 bits per heavy atom. The van der Waals surface area contributed by atoms with Crippen molar-refractivity contribution in [1.29, 1.82) is 0 Å². The van der Waals surface area contributed by atoms with Crippen molar-refractivity contribution in [1.82, 2.24) is 24.7 Å². The van der Waals surface area contributed by atoms with E-state index in [1.54, 1.807) is 56.3 Å². The van der Waals surface area contributed by atoms with E-state index >= 15 is 0 Å². The Bertz CT molecular complexity index is 1410. The summed E-state index contributed by atoms with van der Waals surface area (Å²) < 4.78 is 40.2. The first kappa shape index (κ1) is 25.3. The van der Waals surface area contributed by atoms with E-state index in [2.05, 4.69) is 20.2 Å². The first-order chi connectivity index (χ1) is 17.3. The number of sulfone groups is 1. The van der Waals surface area contributed by atoms with Gasteiger partial charge in [-0.3, -0.25) is 14.5 Å². The maximum Gasteiger partial charge on any atom is 0.168 e. The van der Waals surface area contributed by atoms with E-state index in [0.717, 1.165) is 11.3 Å². The highest BCUT2D eigenvalue weighted by molar-refractivity contribution is 7.91. The van der Waals surface area contributed by atoms with E-state index in [1.807, 2.05) is 44.2 Å². The molecule has 2 aromatic carbocycles. The van der Waals surface area contributed by atoms with Crippen molar-refractivity contribution >= 4 is 9.84 Å². The summed E-state index contributed by atoms with van der Waals surface area (Å²) >= 11 is 0. The van der Waals surface area contributed by atoms with Crippen LogP contribution in [0.25, 0.3) is 17.1 Å². The number of nitrogens with zero attached hydrogens (tertiary/aromatic N) is 5. The van der Waals surface area contributed by atoms with Gasteiger partial charge < -0.3 is 9.47 Å². The number of methoxy groups -OCH3 is 2. The van der Waals surface area contributed by atoms with Gasteiger partial charge in [-0.2, -0.15) is 0 Å². The lowest BCUT2D eigenvalue weighted by Gasteiger charge is -2.21. The van der Waals surface area contributed by atoms with E-state index in [9.17, 15) is 8.42 Å². The van der Waals surface area contributed by atoms with Gasteiger partial charge in [0.2, 0.25) is 0 Å². The van der Waals surface area contributed by atoms with Gasteiger partial charge in [0.25, 0.3) is 0 Å². The highest BCUT2D eigenvalue weighted by Crippen LogP contribution is 2.37. The zero-order valence-corrected chi connectivity index (χ0v) is 21.7. The summed E-state index contributed by atoms with van der Waals surface area (Å²) in [5.74, 6) is 1.04. The number of para-hydroxylation sites is 1. The van der Waals surface area contributed by atoms with Crippen molar-refractivity contribution in [2.75, 3.05) is 14.2 Å². The molecule has 9 nitrogen and oxygen atoms in total. The van der Waals surface area contributed by atoms with Gasteiger partial charge in [-0.15, -0.1) is 10.2 Å². The molecular formula is C26H29N5O4S. The minimum Gasteiger partial charge on any atom is -0.494 e. The Labute approximate surface area is 211 Å². The summed E-state index contributed by atoms with van der Waals surface area (Å²) in [6.07, 6.45) is 3.27. The Kier molecular flexibility index (Phi) is 7.35. The second-order valence-electron chi connectivity index (χ2n) is 8.54. The van der Waals surface area contributed by atoms with Gasteiger partial charge in [0.15, 0.2) is 21.5 Å². The van der Waals surface area contributed by atoms with Crippen LogP contribution < -0.4 is 9.47 Å². The molecule has 4 aromatic rings. The zero-order chi connectivity index (χ0) is 25.9. The summed E-state index contributed by atoms with van der Waals surface area (Å²) in [5, 5.41) is 7.97. The second-order valence-corrected chi connectivity index (χ2v) is 10.9. The molecule has 0 unspecified atom stereocenters. The van der Waals surface area contributed by atoms with Gasteiger partial charge in [-0.1, -0.05) is 43.3 Å². The Hall–Kier alpha value is -3.79. The average Bonchev–Trinajstić information content (AvgIpc) is 3.30. The molecule has 2 heterocycles. The maximum atomic E-state index is 13.6. The standard InChI is InChI=1S/C26H29N5O4S/c1-17-14-28-21(15-27-17)18(2)19(3)36(32,33)16-24-29-30-26(20-10-7-6-8-11-20)31(24)25-22(34-4)12-9-13-23(25)35-5/h6-15,18-19H,16H2,1-5H3/t18-,19-/m0/s1. The fourth-order valence-corrected chi connectivity index (χ4v) is 5.54. The van der Waals surface area contributed by atoms with Crippen LogP contribution in [0.1, 0.15) is 37.0 Å². The van der Waals surface area contributed by atoms with Crippen molar-refractivity contribution in [2.45, 2.75) is 37.7 Å². The van der Waals surface area contributed by atoms with Crippen LogP contribution in [0.3, 0.4) is 0 Å². The van der Waals surface area contributed by atoms with Crippen molar-refractivity contribution in [3.8, 4) is 28.6 Å². The molecule has 4 rings (SSSR count). The summed E-state index contributed by atoms with van der Waals surface area (Å²) in [5.41, 5.74) is 2.70. The van der Waals surface area contributed by atoms with E-state index in [-0.39, 0.29) is 17.5 Å². The molecule has 36 heavy (non-hydrogen) atoms. The third-order valence-corrected chi connectivity index (χ3v) is 8.46. The highest BCUT2D eigenvalue weighted by atomic mass is 32.2.